The fourth-order valence-corrected chi connectivity index (χ4v) is 8.25. The summed E-state index contributed by atoms with van der Waals surface area (Å²) in [5.74, 6) is -8.14. The van der Waals surface area contributed by atoms with Crippen LogP contribution in [-0.4, -0.2) is 93.1 Å². The van der Waals surface area contributed by atoms with E-state index in [1.807, 2.05) is 6.92 Å². The molecular weight excluding hydrogens is 535 g/mol. The molecule has 1 aromatic carbocycles. The number of Topliss-reactive ketones (excluding diaryl/α,β-unsaturated/α-hetero) is 2. The van der Waals surface area contributed by atoms with Gasteiger partial charge in [-0.3, -0.25) is 24.2 Å². The van der Waals surface area contributed by atoms with Gasteiger partial charge in [-0.1, -0.05) is 13.8 Å². The Hall–Kier alpha value is -3.48. The Labute approximate surface area is 236 Å². The molecule has 2 heterocycles. The number of aromatic hydroxyl groups is 1. The summed E-state index contributed by atoms with van der Waals surface area (Å²) >= 11 is 0. The molecule has 12 heteroatoms. The lowest BCUT2D eigenvalue weighted by Gasteiger charge is -2.50. The second-order valence-corrected chi connectivity index (χ2v) is 12.6. The lowest BCUT2D eigenvalue weighted by molar-refractivity contribution is -0.148. The number of nitrogens with zero attached hydrogens (tertiary/aromatic N) is 2. The fourth-order valence-electron chi connectivity index (χ4n) is 8.25. The van der Waals surface area contributed by atoms with E-state index in [2.05, 4.69) is 17.1 Å². The quantitative estimate of drug-likeness (QED) is 0.230. The average molecular weight is 571 g/mol. The lowest BCUT2D eigenvalue weighted by Crippen LogP contribution is -2.63. The summed E-state index contributed by atoms with van der Waals surface area (Å²) in [5, 5.41) is 48.6. The summed E-state index contributed by atoms with van der Waals surface area (Å²) in [7, 11) is 3.12. The van der Waals surface area contributed by atoms with E-state index in [0.29, 0.717) is 18.7 Å². The highest BCUT2D eigenvalue weighted by Crippen LogP contribution is 2.58. The number of aliphatic hydroxyl groups is 3. The zero-order valence-corrected chi connectivity index (χ0v) is 23.4. The predicted octanol–water partition coefficient (Wildman–Crippen LogP) is 1.46. The third kappa shape index (κ3) is 3.32. The number of nitrogens with one attached hydrogen (secondary N) is 1. The van der Waals surface area contributed by atoms with Gasteiger partial charge in [-0.05, 0) is 52.4 Å². The number of fused-ring (bicyclic) bond motifs is 6. The zero-order valence-electron chi connectivity index (χ0n) is 23.4. The summed E-state index contributed by atoms with van der Waals surface area (Å²) in [4.78, 5) is 43.2. The number of anilines is 1. The van der Waals surface area contributed by atoms with E-state index in [9.17, 15) is 34.8 Å². The highest BCUT2D eigenvalue weighted by atomic mass is 19.1. The number of carbonyl (C=O) groups excluding carboxylic acids is 3. The molecule has 2 aliphatic heterocycles. The van der Waals surface area contributed by atoms with Crippen LogP contribution in [0.4, 0.5) is 10.1 Å². The summed E-state index contributed by atoms with van der Waals surface area (Å²) in [6, 6.07) is -1.41. The van der Waals surface area contributed by atoms with Crippen molar-refractivity contribution in [1.82, 2.24) is 9.80 Å². The number of rotatable bonds is 3. The first-order chi connectivity index (χ1) is 19.2. The molecule has 5 aliphatic rings. The van der Waals surface area contributed by atoms with Gasteiger partial charge in [0, 0.05) is 40.6 Å². The van der Waals surface area contributed by atoms with Crippen LogP contribution in [0.3, 0.4) is 0 Å². The van der Waals surface area contributed by atoms with E-state index >= 15 is 4.39 Å². The third-order valence-electron chi connectivity index (χ3n) is 10.2. The molecule has 1 aromatic rings. The largest absolute Gasteiger partial charge is 0.510 e. The second-order valence-electron chi connectivity index (χ2n) is 12.6. The Morgan fingerprint density at radius 3 is 2.54 bits per heavy atom. The molecule has 0 spiro atoms. The molecule has 0 aromatic heterocycles. The number of phenolic OH excluding ortho intramolecular Hbond substituents is 1. The minimum absolute atomic E-state index is 0.0216. The van der Waals surface area contributed by atoms with Crippen LogP contribution in [0, 0.1) is 23.1 Å². The van der Waals surface area contributed by atoms with Crippen molar-refractivity contribution in [3.05, 3.63) is 45.2 Å². The number of halogens is 1. The van der Waals surface area contributed by atoms with Crippen molar-refractivity contribution in [2.24, 2.45) is 23.0 Å². The van der Waals surface area contributed by atoms with Gasteiger partial charge in [0.25, 0.3) is 5.91 Å². The number of hydrogen-bond donors (Lipinski definition) is 6. The van der Waals surface area contributed by atoms with E-state index in [1.165, 1.54) is 4.90 Å². The molecular formula is C29H35FN4O7. The second kappa shape index (κ2) is 8.76. The van der Waals surface area contributed by atoms with Gasteiger partial charge in [-0.2, -0.15) is 0 Å². The van der Waals surface area contributed by atoms with Crippen molar-refractivity contribution in [3.63, 3.8) is 0 Å². The molecule has 0 bridgehead atoms. The number of amides is 1. The molecule has 6 rings (SSSR count). The standard InChI is InChI=1S/C29H35FN4O7/c1-5-34-7-6-28(2)10-32-19-16(24(28)34)18(30)12-8-11-9-13-20(33(3)4)23(37)17(27(31)40)26(39)29(13,41)25(38)14(11)21(35)15(12)22(19)36/h11,13,20,24,32,36-38,41H,5-10H2,1-4H3,(H2,31,40)/t11-,13-,20-,24?,28?,29-/m0/s1. The van der Waals surface area contributed by atoms with Gasteiger partial charge in [0.05, 0.1) is 17.3 Å². The van der Waals surface area contributed by atoms with Gasteiger partial charge in [0.2, 0.25) is 5.78 Å². The van der Waals surface area contributed by atoms with Gasteiger partial charge >= 0.3 is 0 Å². The van der Waals surface area contributed by atoms with Crippen LogP contribution in [0.2, 0.25) is 0 Å². The van der Waals surface area contributed by atoms with Crippen molar-refractivity contribution < 1.29 is 39.2 Å². The maximum atomic E-state index is 16.6. The number of nitrogens with two attached hydrogens (primary N) is 1. The van der Waals surface area contributed by atoms with Gasteiger partial charge in [-0.15, -0.1) is 0 Å². The number of aliphatic hydroxyl groups excluding tert-OH is 2. The highest BCUT2D eigenvalue weighted by Gasteiger charge is 2.63. The summed E-state index contributed by atoms with van der Waals surface area (Å²) in [5.41, 5.74) is 1.32. The molecule has 1 fully saturated rings. The number of primary amides is 1. The van der Waals surface area contributed by atoms with E-state index in [1.54, 1.807) is 14.1 Å². The molecule has 1 saturated heterocycles. The molecule has 41 heavy (non-hydrogen) atoms. The van der Waals surface area contributed by atoms with Crippen LogP contribution in [0.15, 0.2) is 22.7 Å². The van der Waals surface area contributed by atoms with Crippen molar-refractivity contribution in [2.75, 3.05) is 39.0 Å². The summed E-state index contributed by atoms with van der Waals surface area (Å²) < 4.78 is 16.6. The highest BCUT2D eigenvalue weighted by molar-refractivity contribution is 6.25. The third-order valence-corrected chi connectivity index (χ3v) is 10.2. The number of hydrogen-bond acceptors (Lipinski definition) is 10. The first kappa shape index (κ1) is 27.7. The van der Waals surface area contributed by atoms with Crippen LogP contribution in [0.5, 0.6) is 5.75 Å². The van der Waals surface area contributed by atoms with Crippen molar-refractivity contribution in [1.29, 1.82) is 0 Å². The Bertz CT molecular complexity index is 1500. The van der Waals surface area contributed by atoms with Gasteiger partial charge in [0.15, 0.2) is 17.1 Å². The molecule has 0 radical (unpaired) electrons. The summed E-state index contributed by atoms with van der Waals surface area (Å²) in [6.45, 7) is 5.99. The van der Waals surface area contributed by atoms with Crippen LogP contribution in [-0.2, 0) is 16.0 Å². The first-order valence-electron chi connectivity index (χ1n) is 13.9. The molecule has 7 N–H and O–H groups in total. The average Bonchev–Trinajstić information content (AvgIpc) is 3.25. The molecule has 1 amide bonds. The maximum Gasteiger partial charge on any atom is 0.255 e. The number of allylic oxidation sites excluding steroid dienone is 1. The minimum Gasteiger partial charge on any atom is -0.510 e. The van der Waals surface area contributed by atoms with Gasteiger partial charge < -0.3 is 31.5 Å². The Morgan fingerprint density at radius 1 is 1.24 bits per heavy atom. The summed E-state index contributed by atoms with van der Waals surface area (Å²) in [6.07, 6.45) is 0.655. The van der Waals surface area contributed by atoms with Crippen LogP contribution in [0.25, 0.3) is 0 Å². The monoisotopic (exact) mass is 570 g/mol. The smallest absolute Gasteiger partial charge is 0.255 e. The van der Waals surface area contributed by atoms with Gasteiger partial charge in [0.1, 0.15) is 22.9 Å². The number of ketones is 2. The molecule has 220 valence electrons. The number of benzene rings is 1. The number of likely N-dealkylation sites (N-methyl/N-ethyl adjacent to an activating group) is 1. The van der Waals surface area contributed by atoms with Crippen molar-refractivity contribution in [3.8, 4) is 5.75 Å². The van der Waals surface area contributed by atoms with E-state index in [4.69, 9.17) is 5.73 Å². The lowest BCUT2D eigenvalue weighted by atomic mass is 9.58. The van der Waals surface area contributed by atoms with Crippen LogP contribution < -0.4 is 11.1 Å². The van der Waals surface area contributed by atoms with Crippen LogP contribution in [0.1, 0.15) is 54.2 Å². The van der Waals surface area contributed by atoms with Gasteiger partial charge in [-0.25, -0.2) is 4.39 Å². The maximum absolute atomic E-state index is 16.6. The SMILES string of the molecule is CCN1CCC2(C)CNc3c(O)c4c(c(F)c3C12)C[C@H]1C[C@H]2[C@H](N(C)C)C(O)=C(C(N)=O)C(=O)[C@@]2(O)C(O)=C1C4=O. The van der Waals surface area contributed by atoms with Crippen molar-refractivity contribution in [2.45, 2.75) is 50.8 Å². The molecule has 0 saturated carbocycles. The normalized spacial score (nSPS) is 34.6. The predicted molar refractivity (Wildman–Crippen MR) is 145 cm³/mol. The van der Waals surface area contributed by atoms with Crippen molar-refractivity contribution >= 4 is 23.2 Å². The topological polar surface area (TPSA) is 177 Å². The Kier molecular flexibility index (Phi) is 5.91. The number of carbonyl (C=O) groups is 3. The van der Waals surface area contributed by atoms with E-state index in [-0.39, 0.29) is 46.7 Å². The number of phenols is 1. The molecule has 11 nitrogen and oxygen atoms in total. The first-order valence-corrected chi connectivity index (χ1v) is 13.9. The number of likely N-dealkylation sites (tertiary alicyclic amines) is 1. The van der Waals surface area contributed by atoms with E-state index in [0.717, 1.165) is 13.0 Å². The molecule has 3 aliphatic carbocycles. The van der Waals surface area contributed by atoms with E-state index < -0.39 is 69.6 Å². The Balaban J connectivity index is 1.55. The Morgan fingerprint density at radius 2 is 1.93 bits per heavy atom. The molecule has 2 unspecified atom stereocenters. The minimum atomic E-state index is -2.74. The zero-order chi connectivity index (χ0) is 29.9. The van der Waals surface area contributed by atoms with Crippen LogP contribution >= 0.6 is 0 Å². The molecule has 6 atom stereocenters. The fraction of sp³-hybridized carbons (Fsp3) is 0.552.